The molecule has 0 amide bonds. The molecule has 1 aliphatic heterocycles. The summed E-state index contributed by atoms with van der Waals surface area (Å²) < 4.78 is 92.2. The number of carbonyl (C=O) groups excluding carboxylic acids is 1. The number of methoxy groups -OCH3 is 1. The first-order valence-corrected chi connectivity index (χ1v) is 12.4. The van der Waals surface area contributed by atoms with Crippen LogP contribution in [0.2, 0.25) is 0 Å². The molecule has 7 nitrogen and oxygen atoms in total. The SMILES string of the molecule is COC(=O)[C@@]1(n2c#[n+]nc2)CC[C@@](CCO[C@H](C)c2cc(C(F)(F)F)cc(C(F)(F)F)c2)(c2ccccc2)NC1. The third kappa shape index (κ3) is 5.93. The van der Waals surface area contributed by atoms with E-state index in [2.05, 4.69) is 21.8 Å². The summed E-state index contributed by atoms with van der Waals surface area (Å²) in [6.07, 6.45) is -5.87. The highest BCUT2D eigenvalue weighted by Gasteiger charge is 2.53. The topological polar surface area (TPSA) is 79.5 Å². The van der Waals surface area contributed by atoms with Crippen molar-refractivity contribution in [1.29, 1.82) is 0 Å². The van der Waals surface area contributed by atoms with E-state index in [1.807, 2.05) is 30.3 Å². The van der Waals surface area contributed by atoms with E-state index in [9.17, 15) is 31.1 Å². The highest BCUT2D eigenvalue weighted by Crippen LogP contribution is 2.41. The van der Waals surface area contributed by atoms with Gasteiger partial charge in [-0.15, -0.1) is 4.57 Å². The van der Waals surface area contributed by atoms with Gasteiger partial charge in [-0.25, -0.2) is 4.79 Å². The standard InChI is InChI=1S/C27H27F6N4O3/c1-18(19-12-21(26(28,29)30)14-22(13-19)27(31,32)33)40-11-10-24(20-6-4-3-5-7-20)8-9-25(15-34-24,23(38)39-2)37-16-35-36-17-37/h3-7,12-14,16,18,34H,8-11,15H2,1-2H3/q+1/t18-,24-,25-/m1/s1. The van der Waals surface area contributed by atoms with Crippen molar-refractivity contribution in [1.82, 2.24) is 15.0 Å². The fourth-order valence-corrected chi connectivity index (χ4v) is 5.05. The first-order valence-electron chi connectivity index (χ1n) is 12.4. The van der Waals surface area contributed by atoms with Gasteiger partial charge in [-0.2, -0.15) is 26.3 Å². The highest BCUT2D eigenvalue weighted by molar-refractivity contribution is 5.79. The number of nitrogens with zero attached hydrogens (tertiary/aromatic N) is 3. The molecule has 3 atom stereocenters. The van der Waals surface area contributed by atoms with Crippen molar-refractivity contribution in [2.24, 2.45) is 0 Å². The van der Waals surface area contributed by atoms with Crippen LogP contribution < -0.4 is 10.4 Å². The molecule has 2 aromatic carbocycles. The number of rotatable bonds is 8. The zero-order valence-electron chi connectivity index (χ0n) is 21.6. The van der Waals surface area contributed by atoms with Crippen LogP contribution in [0.25, 0.3) is 0 Å². The number of aromatic nitrogens is 3. The molecule has 0 unspecified atom stereocenters. The summed E-state index contributed by atoms with van der Waals surface area (Å²) in [5.74, 6) is -0.507. The Balaban J connectivity index is 1.55. The Morgan fingerprint density at radius 1 is 1.10 bits per heavy atom. The molecule has 0 saturated carbocycles. The Hall–Kier alpha value is -3.63. The fourth-order valence-electron chi connectivity index (χ4n) is 5.05. The Kier molecular flexibility index (Phi) is 8.14. The summed E-state index contributed by atoms with van der Waals surface area (Å²) >= 11 is 0. The summed E-state index contributed by atoms with van der Waals surface area (Å²) in [6.45, 7) is 1.54. The van der Waals surface area contributed by atoms with Crippen LogP contribution in [0.3, 0.4) is 0 Å². The Bertz CT molecular complexity index is 1260. The van der Waals surface area contributed by atoms with Gasteiger partial charge < -0.3 is 14.8 Å². The molecule has 4 rings (SSSR count). The highest BCUT2D eigenvalue weighted by atomic mass is 19.4. The number of ether oxygens (including phenoxy) is 2. The maximum atomic E-state index is 13.3. The molecule has 2 heterocycles. The molecule has 1 saturated heterocycles. The molecular formula is C27H27F6N4O3+. The second-order valence-corrected chi connectivity index (χ2v) is 9.73. The van der Waals surface area contributed by atoms with Crippen LogP contribution in [-0.2, 0) is 37.7 Å². The summed E-state index contributed by atoms with van der Waals surface area (Å²) in [4.78, 5) is 12.8. The number of hydrogen-bond donors (Lipinski definition) is 1. The first-order chi connectivity index (χ1) is 18.8. The molecule has 40 heavy (non-hydrogen) atoms. The maximum absolute atomic E-state index is 13.3. The van der Waals surface area contributed by atoms with Crippen LogP contribution in [-0.4, -0.2) is 35.9 Å². The maximum Gasteiger partial charge on any atom is 0.418 e. The second-order valence-electron chi connectivity index (χ2n) is 9.73. The number of carbonyl (C=O) groups is 1. The van der Waals surface area contributed by atoms with Crippen LogP contribution in [0.1, 0.15) is 54.5 Å². The van der Waals surface area contributed by atoms with E-state index < -0.39 is 46.6 Å². The van der Waals surface area contributed by atoms with Crippen molar-refractivity contribution in [2.45, 2.75) is 55.7 Å². The zero-order chi connectivity index (χ0) is 29.2. The van der Waals surface area contributed by atoms with E-state index in [1.54, 1.807) is 0 Å². The Morgan fingerprint density at radius 2 is 1.75 bits per heavy atom. The molecule has 214 valence electrons. The van der Waals surface area contributed by atoms with Gasteiger partial charge in [0.1, 0.15) is 0 Å². The van der Waals surface area contributed by atoms with Crippen LogP contribution in [0.15, 0.2) is 54.9 Å². The molecule has 13 heteroatoms. The normalized spacial score (nSPS) is 22.4. The lowest BCUT2D eigenvalue weighted by Gasteiger charge is -2.44. The van der Waals surface area contributed by atoms with Gasteiger partial charge in [0.05, 0.1) is 36.0 Å². The number of piperidine rings is 1. The van der Waals surface area contributed by atoms with E-state index >= 15 is 0 Å². The molecule has 3 aromatic rings. The van der Waals surface area contributed by atoms with E-state index in [0.717, 1.165) is 5.56 Å². The molecule has 1 aliphatic rings. The van der Waals surface area contributed by atoms with Gasteiger partial charge in [0, 0.05) is 18.6 Å². The minimum atomic E-state index is -4.95. The molecule has 0 aliphatic carbocycles. The average molecular weight is 570 g/mol. The van der Waals surface area contributed by atoms with Gasteiger partial charge in [0.15, 0.2) is 0 Å². The van der Waals surface area contributed by atoms with Gasteiger partial charge >= 0.3 is 24.6 Å². The van der Waals surface area contributed by atoms with E-state index in [4.69, 9.17) is 9.47 Å². The monoisotopic (exact) mass is 569 g/mol. The average Bonchev–Trinajstić information content (AvgIpc) is 3.48. The predicted molar refractivity (Wildman–Crippen MR) is 127 cm³/mol. The van der Waals surface area contributed by atoms with Crippen LogP contribution >= 0.6 is 0 Å². The van der Waals surface area contributed by atoms with Gasteiger partial charge in [0.25, 0.3) is 6.33 Å². The number of benzene rings is 2. The number of hydrogen-bond acceptors (Lipinski definition) is 5. The van der Waals surface area contributed by atoms with Gasteiger partial charge in [0.2, 0.25) is 5.54 Å². The third-order valence-corrected chi connectivity index (χ3v) is 7.39. The third-order valence-electron chi connectivity index (χ3n) is 7.39. The van der Waals surface area contributed by atoms with Crippen molar-refractivity contribution in [3.63, 3.8) is 0 Å². The lowest BCUT2D eigenvalue weighted by atomic mass is 9.74. The van der Waals surface area contributed by atoms with Gasteiger partial charge in [-0.3, -0.25) is 0 Å². The summed E-state index contributed by atoms with van der Waals surface area (Å²) in [5, 5.41) is 10.9. The predicted octanol–water partition coefficient (Wildman–Crippen LogP) is 4.64. The number of esters is 1. The van der Waals surface area contributed by atoms with E-state index in [-0.39, 0.29) is 24.8 Å². The zero-order valence-corrected chi connectivity index (χ0v) is 21.6. The summed E-state index contributed by atoms with van der Waals surface area (Å²) in [6, 6.07) is 10.8. The Labute approximate surface area is 226 Å². The fraction of sp³-hybridized carbons (Fsp3) is 0.444. The van der Waals surface area contributed by atoms with Crippen LogP contribution in [0.4, 0.5) is 26.3 Å². The molecule has 0 bridgehead atoms. The number of halogens is 6. The molecule has 0 radical (unpaired) electrons. The summed E-state index contributed by atoms with van der Waals surface area (Å²) in [7, 11) is 1.28. The van der Waals surface area contributed by atoms with Crippen molar-refractivity contribution < 1.29 is 45.7 Å². The molecule has 1 aromatic heterocycles. The van der Waals surface area contributed by atoms with E-state index in [0.29, 0.717) is 31.4 Å². The van der Waals surface area contributed by atoms with Crippen molar-refractivity contribution >= 4 is 5.97 Å². The summed E-state index contributed by atoms with van der Waals surface area (Å²) in [5.41, 5.74) is -4.01. The molecular weight excluding hydrogens is 542 g/mol. The minimum Gasteiger partial charge on any atom is -0.466 e. The van der Waals surface area contributed by atoms with Gasteiger partial charge in [-0.1, -0.05) is 30.3 Å². The van der Waals surface area contributed by atoms with Crippen LogP contribution in [0, 0.1) is 6.33 Å². The molecule has 1 fully saturated rings. The van der Waals surface area contributed by atoms with Gasteiger partial charge in [-0.05, 0) is 54.2 Å². The van der Waals surface area contributed by atoms with Crippen molar-refractivity contribution in [3.05, 3.63) is 83.4 Å². The first kappa shape index (κ1) is 29.4. The minimum absolute atomic E-state index is 0.00460. The lowest BCUT2D eigenvalue weighted by Crippen LogP contribution is -2.60. The lowest BCUT2D eigenvalue weighted by molar-refractivity contribution is -0.373. The smallest absolute Gasteiger partial charge is 0.418 e. The van der Waals surface area contributed by atoms with Crippen molar-refractivity contribution in [3.8, 4) is 0 Å². The molecule has 1 N–H and O–H groups in total. The second kappa shape index (κ2) is 11.1. The molecule has 0 spiro atoms. The van der Waals surface area contributed by atoms with E-state index in [1.165, 1.54) is 24.9 Å². The number of nitrogens with one attached hydrogen (secondary N) is 1. The largest absolute Gasteiger partial charge is 0.466 e. The Morgan fingerprint density at radius 3 is 2.25 bits per heavy atom. The van der Waals surface area contributed by atoms with Crippen molar-refractivity contribution in [2.75, 3.05) is 20.3 Å². The number of alkyl halides is 6. The van der Waals surface area contributed by atoms with Crippen LogP contribution in [0.5, 0.6) is 0 Å². The quantitative estimate of drug-likeness (QED) is 0.315.